The number of hydrogen-bond donors (Lipinski definition) is 0. The Labute approximate surface area is 55.5 Å². The number of nitrogens with zero attached hydrogens (tertiary/aromatic N) is 2. The molecule has 0 aliphatic rings. The van der Waals surface area contributed by atoms with Crippen molar-refractivity contribution in [3.63, 3.8) is 0 Å². The Hall–Kier alpha value is -1.10. The van der Waals surface area contributed by atoms with Gasteiger partial charge in [-0.05, 0) is 20.8 Å². The standard InChI is InChI=1S/C7H10N2/c1-6(2)5-9-7(3)4-8/h5H,1-3H3. The second-order valence-electron chi connectivity index (χ2n) is 2.03. The fourth-order valence-corrected chi connectivity index (χ4v) is 0.255. The molecule has 0 atom stereocenters. The Morgan fingerprint density at radius 3 is 2.33 bits per heavy atom. The minimum absolute atomic E-state index is 0.496. The molecule has 0 amide bonds. The van der Waals surface area contributed by atoms with Crippen LogP contribution in [0.2, 0.25) is 0 Å². The largest absolute Gasteiger partial charge is 0.250 e. The quantitative estimate of drug-likeness (QED) is 0.489. The van der Waals surface area contributed by atoms with Crippen molar-refractivity contribution in [1.29, 1.82) is 5.26 Å². The van der Waals surface area contributed by atoms with E-state index in [-0.39, 0.29) is 0 Å². The Morgan fingerprint density at radius 2 is 2.00 bits per heavy atom. The third kappa shape index (κ3) is 4.76. The van der Waals surface area contributed by atoms with Gasteiger partial charge in [0.25, 0.3) is 0 Å². The zero-order valence-electron chi connectivity index (χ0n) is 5.97. The first kappa shape index (κ1) is 7.90. The van der Waals surface area contributed by atoms with Crippen LogP contribution in [0.1, 0.15) is 20.8 Å². The molecule has 0 unspecified atom stereocenters. The summed E-state index contributed by atoms with van der Waals surface area (Å²) in [6.07, 6.45) is 1.68. The van der Waals surface area contributed by atoms with Crippen molar-refractivity contribution >= 4 is 5.71 Å². The first-order valence-electron chi connectivity index (χ1n) is 2.74. The highest BCUT2D eigenvalue weighted by molar-refractivity contribution is 5.96. The van der Waals surface area contributed by atoms with Crippen LogP contribution in [-0.4, -0.2) is 5.71 Å². The smallest absolute Gasteiger partial charge is 0.115 e. The maximum atomic E-state index is 8.24. The lowest BCUT2D eigenvalue weighted by molar-refractivity contribution is 1.33. The fraction of sp³-hybridized carbons (Fsp3) is 0.429. The first-order valence-corrected chi connectivity index (χ1v) is 2.74. The van der Waals surface area contributed by atoms with Crippen molar-refractivity contribution < 1.29 is 0 Å². The van der Waals surface area contributed by atoms with E-state index in [1.165, 1.54) is 0 Å². The number of aliphatic imine (C=N–C) groups is 1. The van der Waals surface area contributed by atoms with Crippen molar-refractivity contribution in [2.45, 2.75) is 20.8 Å². The third-order valence-corrected chi connectivity index (χ3v) is 0.678. The molecule has 9 heavy (non-hydrogen) atoms. The lowest BCUT2D eigenvalue weighted by atomic mass is 10.4. The zero-order valence-corrected chi connectivity index (χ0v) is 5.97. The van der Waals surface area contributed by atoms with Crippen LogP contribution in [0.3, 0.4) is 0 Å². The maximum absolute atomic E-state index is 8.24. The summed E-state index contributed by atoms with van der Waals surface area (Å²) in [4.78, 5) is 3.84. The van der Waals surface area contributed by atoms with Gasteiger partial charge in [0.2, 0.25) is 0 Å². The molecule has 0 spiro atoms. The van der Waals surface area contributed by atoms with Gasteiger partial charge in [-0.2, -0.15) is 5.26 Å². The summed E-state index contributed by atoms with van der Waals surface area (Å²) in [5.74, 6) is 0. The Balaban J connectivity index is 4.03. The summed E-state index contributed by atoms with van der Waals surface area (Å²) in [6, 6.07) is 1.93. The average molecular weight is 122 g/mol. The summed E-state index contributed by atoms with van der Waals surface area (Å²) in [7, 11) is 0. The van der Waals surface area contributed by atoms with Crippen LogP contribution in [-0.2, 0) is 0 Å². The van der Waals surface area contributed by atoms with Crippen molar-refractivity contribution in [1.82, 2.24) is 0 Å². The van der Waals surface area contributed by atoms with E-state index in [1.807, 2.05) is 19.9 Å². The van der Waals surface area contributed by atoms with Crippen molar-refractivity contribution in [3.05, 3.63) is 11.8 Å². The SMILES string of the molecule is CC(C)=CN=C(C)C#N. The van der Waals surface area contributed by atoms with Gasteiger partial charge in [-0.1, -0.05) is 5.57 Å². The molecule has 0 aromatic carbocycles. The number of rotatable bonds is 1. The van der Waals surface area contributed by atoms with Gasteiger partial charge in [0.05, 0.1) is 0 Å². The molecule has 0 N–H and O–H groups in total. The molecule has 0 aromatic rings. The normalized spacial score (nSPS) is 10.2. The molecule has 0 saturated heterocycles. The second kappa shape index (κ2) is 3.85. The van der Waals surface area contributed by atoms with Gasteiger partial charge in [0.15, 0.2) is 0 Å². The molecule has 0 saturated carbocycles. The van der Waals surface area contributed by atoms with Gasteiger partial charge in [-0.25, -0.2) is 0 Å². The third-order valence-electron chi connectivity index (χ3n) is 0.678. The predicted octanol–water partition coefficient (Wildman–Crippen LogP) is 1.89. The number of nitriles is 1. The van der Waals surface area contributed by atoms with Gasteiger partial charge in [-0.3, -0.25) is 4.99 Å². The van der Waals surface area contributed by atoms with Gasteiger partial charge >= 0.3 is 0 Å². The van der Waals surface area contributed by atoms with Crippen LogP contribution in [0.15, 0.2) is 16.8 Å². The summed E-state index contributed by atoms with van der Waals surface area (Å²) in [5, 5.41) is 8.24. The van der Waals surface area contributed by atoms with Crippen molar-refractivity contribution in [2.24, 2.45) is 4.99 Å². The average Bonchev–Trinajstić information content (AvgIpc) is 1.83. The molecule has 2 nitrogen and oxygen atoms in total. The topological polar surface area (TPSA) is 36.1 Å². The molecule has 0 radical (unpaired) electrons. The maximum Gasteiger partial charge on any atom is 0.115 e. The summed E-state index contributed by atoms with van der Waals surface area (Å²) < 4.78 is 0. The molecular weight excluding hydrogens is 112 g/mol. The molecule has 0 aliphatic heterocycles. The van der Waals surface area contributed by atoms with E-state index in [0.717, 1.165) is 5.57 Å². The van der Waals surface area contributed by atoms with Crippen molar-refractivity contribution in [3.8, 4) is 6.07 Å². The molecule has 2 heteroatoms. The lowest BCUT2D eigenvalue weighted by Gasteiger charge is -1.82. The van der Waals surface area contributed by atoms with Crippen LogP contribution in [0.5, 0.6) is 0 Å². The van der Waals surface area contributed by atoms with E-state index < -0.39 is 0 Å². The minimum Gasteiger partial charge on any atom is -0.250 e. The summed E-state index contributed by atoms with van der Waals surface area (Å²) in [6.45, 7) is 5.56. The van der Waals surface area contributed by atoms with E-state index in [1.54, 1.807) is 13.1 Å². The first-order chi connectivity index (χ1) is 4.16. The highest BCUT2D eigenvalue weighted by atomic mass is 14.7. The van der Waals surface area contributed by atoms with Crippen LogP contribution in [0.25, 0.3) is 0 Å². The van der Waals surface area contributed by atoms with Gasteiger partial charge in [0, 0.05) is 6.20 Å². The summed E-state index contributed by atoms with van der Waals surface area (Å²) >= 11 is 0. The Morgan fingerprint density at radius 1 is 1.44 bits per heavy atom. The van der Waals surface area contributed by atoms with Crippen LogP contribution in [0, 0.1) is 11.3 Å². The molecule has 0 rings (SSSR count). The van der Waals surface area contributed by atoms with Crippen LogP contribution in [0.4, 0.5) is 0 Å². The predicted molar refractivity (Wildman–Crippen MR) is 38.2 cm³/mol. The van der Waals surface area contributed by atoms with Gasteiger partial charge in [-0.15, -0.1) is 0 Å². The molecule has 0 bridgehead atoms. The van der Waals surface area contributed by atoms with E-state index in [0.29, 0.717) is 5.71 Å². The van der Waals surface area contributed by atoms with Gasteiger partial charge < -0.3 is 0 Å². The van der Waals surface area contributed by atoms with Gasteiger partial charge in [0.1, 0.15) is 11.8 Å². The zero-order chi connectivity index (χ0) is 7.28. The molecule has 0 fully saturated rings. The second-order valence-corrected chi connectivity index (χ2v) is 2.03. The molecule has 0 aliphatic carbocycles. The molecule has 48 valence electrons. The molecular formula is C7H10N2. The fourth-order valence-electron chi connectivity index (χ4n) is 0.255. The molecule has 0 heterocycles. The Bertz CT molecular complexity index is 178. The van der Waals surface area contributed by atoms with E-state index >= 15 is 0 Å². The van der Waals surface area contributed by atoms with Crippen LogP contribution < -0.4 is 0 Å². The van der Waals surface area contributed by atoms with E-state index in [2.05, 4.69) is 4.99 Å². The highest BCUT2D eigenvalue weighted by Gasteiger charge is 1.79. The molecule has 0 aromatic heterocycles. The Kier molecular flexibility index (Phi) is 3.38. The van der Waals surface area contributed by atoms with Crippen molar-refractivity contribution in [2.75, 3.05) is 0 Å². The minimum atomic E-state index is 0.496. The summed E-state index contributed by atoms with van der Waals surface area (Å²) in [5.41, 5.74) is 1.60. The number of allylic oxidation sites excluding steroid dienone is 1. The monoisotopic (exact) mass is 122 g/mol. The van der Waals surface area contributed by atoms with E-state index in [4.69, 9.17) is 5.26 Å². The highest BCUT2D eigenvalue weighted by Crippen LogP contribution is 1.88. The van der Waals surface area contributed by atoms with E-state index in [9.17, 15) is 0 Å². The number of hydrogen-bond acceptors (Lipinski definition) is 2. The lowest BCUT2D eigenvalue weighted by Crippen LogP contribution is -1.80. The van der Waals surface area contributed by atoms with Crippen LogP contribution >= 0.6 is 0 Å².